The highest BCUT2D eigenvalue weighted by atomic mass is 19.1. The number of amides is 2. The summed E-state index contributed by atoms with van der Waals surface area (Å²) < 4.78 is 12.8. The molecule has 0 saturated heterocycles. The number of carbonyl (C=O) groups excluding carboxylic acids is 1. The van der Waals surface area contributed by atoms with Crippen LogP contribution in [0, 0.1) is 5.82 Å². The van der Waals surface area contributed by atoms with Gasteiger partial charge in [0.1, 0.15) is 5.82 Å². The molecule has 2 aromatic rings. The lowest BCUT2D eigenvalue weighted by Crippen LogP contribution is -2.34. The van der Waals surface area contributed by atoms with Crippen molar-refractivity contribution in [2.75, 3.05) is 11.9 Å². The second-order valence-electron chi connectivity index (χ2n) is 4.44. The number of carbonyl (C=O) groups is 1. The minimum Gasteiger partial charge on any atom is -0.320 e. The van der Waals surface area contributed by atoms with Gasteiger partial charge in [0.25, 0.3) is 0 Å². The number of nitrogens with zero attached hydrogens (tertiary/aromatic N) is 1. The summed E-state index contributed by atoms with van der Waals surface area (Å²) in [5.41, 5.74) is 1.66. The molecule has 0 spiro atoms. The first-order valence-corrected chi connectivity index (χ1v) is 6.54. The van der Waals surface area contributed by atoms with Gasteiger partial charge in [-0.1, -0.05) is 30.3 Å². The van der Waals surface area contributed by atoms with Crippen molar-refractivity contribution in [2.45, 2.75) is 13.5 Å². The maximum absolute atomic E-state index is 12.8. The van der Waals surface area contributed by atoms with Crippen LogP contribution in [-0.4, -0.2) is 17.5 Å². The van der Waals surface area contributed by atoms with Gasteiger partial charge in [0, 0.05) is 18.8 Å². The molecule has 0 heterocycles. The third-order valence-electron chi connectivity index (χ3n) is 2.98. The quantitative estimate of drug-likeness (QED) is 0.900. The molecule has 1 N–H and O–H groups in total. The average molecular weight is 272 g/mol. The van der Waals surface area contributed by atoms with E-state index in [1.807, 2.05) is 37.3 Å². The maximum Gasteiger partial charge on any atom is 0.322 e. The van der Waals surface area contributed by atoms with Gasteiger partial charge < -0.3 is 10.2 Å². The van der Waals surface area contributed by atoms with E-state index < -0.39 is 0 Å². The van der Waals surface area contributed by atoms with Gasteiger partial charge in [-0.3, -0.25) is 0 Å². The zero-order valence-electron chi connectivity index (χ0n) is 11.3. The molecule has 3 nitrogen and oxygen atoms in total. The van der Waals surface area contributed by atoms with Gasteiger partial charge in [-0.2, -0.15) is 0 Å². The fourth-order valence-electron chi connectivity index (χ4n) is 1.87. The van der Waals surface area contributed by atoms with Crippen LogP contribution in [0.25, 0.3) is 0 Å². The Morgan fingerprint density at radius 2 is 1.75 bits per heavy atom. The number of benzene rings is 2. The van der Waals surface area contributed by atoms with E-state index in [0.717, 1.165) is 5.56 Å². The minimum absolute atomic E-state index is 0.192. The highest BCUT2D eigenvalue weighted by Gasteiger charge is 2.12. The topological polar surface area (TPSA) is 32.3 Å². The van der Waals surface area contributed by atoms with E-state index >= 15 is 0 Å². The maximum atomic E-state index is 12.8. The Bertz CT molecular complexity index is 554. The highest BCUT2D eigenvalue weighted by Crippen LogP contribution is 2.11. The smallest absolute Gasteiger partial charge is 0.320 e. The Labute approximate surface area is 118 Å². The predicted octanol–water partition coefficient (Wildman–Crippen LogP) is 3.88. The number of nitrogens with one attached hydrogen (secondary N) is 1. The van der Waals surface area contributed by atoms with Crippen LogP contribution in [0.15, 0.2) is 54.6 Å². The summed E-state index contributed by atoms with van der Waals surface area (Å²) >= 11 is 0. The van der Waals surface area contributed by atoms with Crippen LogP contribution >= 0.6 is 0 Å². The molecule has 0 aliphatic rings. The molecule has 2 aromatic carbocycles. The minimum atomic E-state index is -0.320. The van der Waals surface area contributed by atoms with Gasteiger partial charge in [-0.15, -0.1) is 0 Å². The Balaban J connectivity index is 2.00. The van der Waals surface area contributed by atoms with E-state index in [9.17, 15) is 9.18 Å². The van der Waals surface area contributed by atoms with Crippen LogP contribution in [0.3, 0.4) is 0 Å². The molecular weight excluding hydrogens is 255 g/mol. The third kappa shape index (κ3) is 3.82. The van der Waals surface area contributed by atoms with E-state index in [4.69, 9.17) is 0 Å². The highest BCUT2D eigenvalue weighted by molar-refractivity contribution is 5.89. The summed E-state index contributed by atoms with van der Waals surface area (Å²) in [4.78, 5) is 13.8. The molecular formula is C16H17FN2O. The van der Waals surface area contributed by atoms with Crippen LogP contribution in [0.5, 0.6) is 0 Å². The summed E-state index contributed by atoms with van der Waals surface area (Å²) in [6, 6.07) is 15.3. The summed E-state index contributed by atoms with van der Waals surface area (Å²) in [6.45, 7) is 3.07. The van der Waals surface area contributed by atoms with Gasteiger partial charge >= 0.3 is 6.03 Å². The molecule has 0 atom stereocenters. The molecule has 0 radical (unpaired) electrons. The molecule has 4 heteroatoms. The molecule has 20 heavy (non-hydrogen) atoms. The Hall–Kier alpha value is -2.36. The van der Waals surface area contributed by atoms with Gasteiger partial charge in [-0.25, -0.2) is 9.18 Å². The van der Waals surface area contributed by atoms with E-state index in [-0.39, 0.29) is 11.8 Å². The van der Waals surface area contributed by atoms with Crippen LogP contribution < -0.4 is 5.32 Å². The van der Waals surface area contributed by atoms with Gasteiger partial charge in [0.15, 0.2) is 0 Å². The van der Waals surface area contributed by atoms with Crippen molar-refractivity contribution in [3.8, 4) is 0 Å². The number of halogens is 1. The summed E-state index contributed by atoms with van der Waals surface area (Å²) in [6.07, 6.45) is 0. The Kier molecular flexibility index (Phi) is 4.71. The Morgan fingerprint density at radius 3 is 2.35 bits per heavy atom. The van der Waals surface area contributed by atoms with E-state index in [2.05, 4.69) is 5.32 Å². The molecule has 0 aliphatic carbocycles. The van der Waals surface area contributed by atoms with E-state index in [0.29, 0.717) is 18.8 Å². The lowest BCUT2D eigenvalue weighted by atomic mass is 10.2. The summed E-state index contributed by atoms with van der Waals surface area (Å²) in [7, 11) is 0. The zero-order valence-corrected chi connectivity index (χ0v) is 11.3. The summed E-state index contributed by atoms with van der Waals surface area (Å²) in [5, 5.41) is 2.76. The molecule has 0 bridgehead atoms. The molecule has 0 aromatic heterocycles. The van der Waals surface area contributed by atoms with Crippen LogP contribution in [0.1, 0.15) is 12.5 Å². The van der Waals surface area contributed by atoms with E-state index in [1.54, 1.807) is 17.0 Å². The predicted molar refractivity (Wildman–Crippen MR) is 77.9 cm³/mol. The van der Waals surface area contributed by atoms with Crippen molar-refractivity contribution in [1.82, 2.24) is 4.90 Å². The molecule has 0 aliphatic heterocycles. The first kappa shape index (κ1) is 14.1. The first-order valence-electron chi connectivity index (χ1n) is 6.54. The molecule has 0 unspecified atom stereocenters. The van der Waals surface area contributed by atoms with Gasteiger partial charge in [0.05, 0.1) is 0 Å². The van der Waals surface area contributed by atoms with Crippen molar-refractivity contribution in [2.24, 2.45) is 0 Å². The second-order valence-corrected chi connectivity index (χ2v) is 4.44. The zero-order chi connectivity index (χ0) is 14.4. The van der Waals surface area contributed by atoms with E-state index in [1.165, 1.54) is 12.1 Å². The molecule has 104 valence electrons. The summed E-state index contributed by atoms with van der Waals surface area (Å²) in [5.74, 6) is -0.320. The SMILES string of the molecule is CCN(Cc1ccccc1)C(=O)Nc1ccc(F)cc1. The number of rotatable bonds is 4. The fraction of sp³-hybridized carbons (Fsp3) is 0.188. The molecule has 0 saturated carbocycles. The normalized spacial score (nSPS) is 10.1. The first-order chi connectivity index (χ1) is 9.69. The van der Waals surface area contributed by atoms with Crippen molar-refractivity contribution in [3.63, 3.8) is 0 Å². The lowest BCUT2D eigenvalue weighted by Gasteiger charge is -2.21. The lowest BCUT2D eigenvalue weighted by molar-refractivity contribution is 0.212. The molecule has 2 amide bonds. The van der Waals surface area contributed by atoms with Crippen molar-refractivity contribution in [3.05, 3.63) is 66.0 Å². The van der Waals surface area contributed by atoms with Crippen molar-refractivity contribution in [1.29, 1.82) is 0 Å². The van der Waals surface area contributed by atoms with Crippen LogP contribution in [0.2, 0.25) is 0 Å². The molecule has 2 rings (SSSR count). The number of anilines is 1. The monoisotopic (exact) mass is 272 g/mol. The fourth-order valence-corrected chi connectivity index (χ4v) is 1.87. The standard InChI is InChI=1S/C16H17FN2O/c1-2-19(12-13-6-4-3-5-7-13)16(20)18-15-10-8-14(17)9-11-15/h3-11H,2,12H2,1H3,(H,18,20). The largest absolute Gasteiger partial charge is 0.322 e. The second kappa shape index (κ2) is 6.70. The Morgan fingerprint density at radius 1 is 1.10 bits per heavy atom. The van der Waals surface area contributed by atoms with Gasteiger partial charge in [-0.05, 0) is 36.8 Å². The number of urea groups is 1. The van der Waals surface area contributed by atoms with Crippen LogP contribution in [-0.2, 0) is 6.54 Å². The number of hydrogen-bond acceptors (Lipinski definition) is 1. The van der Waals surface area contributed by atoms with Crippen molar-refractivity contribution >= 4 is 11.7 Å². The van der Waals surface area contributed by atoms with Crippen molar-refractivity contribution < 1.29 is 9.18 Å². The third-order valence-corrected chi connectivity index (χ3v) is 2.98. The van der Waals surface area contributed by atoms with Gasteiger partial charge in [0.2, 0.25) is 0 Å². The average Bonchev–Trinajstić information content (AvgIpc) is 2.48. The van der Waals surface area contributed by atoms with Crippen LogP contribution in [0.4, 0.5) is 14.9 Å². The molecule has 0 fully saturated rings. The number of hydrogen-bond donors (Lipinski definition) is 1.